The number of nitrogens with zero attached hydrogens (tertiary/aromatic N) is 15. The van der Waals surface area contributed by atoms with E-state index in [0.717, 1.165) is 26.4 Å². The lowest BCUT2D eigenvalue weighted by Gasteiger charge is -2.21. The number of alkyl halides is 7. The minimum atomic E-state index is -4.68. The minimum absolute atomic E-state index is 0.0375. The molecule has 1 N–H and O–H groups in total. The molecule has 0 unspecified atom stereocenters. The average molecular weight is 1050 g/mol. The molecule has 0 radical (unpaired) electrons. The number of hydrogen-bond donors (Lipinski definition) is 1. The van der Waals surface area contributed by atoms with Gasteiger partial charge in [0.2, 0.25) is 11.6 Å². The molecule has 0 bridgehead atoms. The van der Waals surface area contributed by atoms with E-state index in [9.17, 15) is 26.3 Å². The fourth-order valence-electron chi connectivity index (χ4n) is 4.93. The van der Waals surface area contributed by atoms with Crippen LogP contribution in [-0.2, 0) is 24.2 Å². The predicted octanol–water partition coefficient (Wildman–Crippen LogP) is 10.5. The molecule has 0 aliphatic heterocycles. The van der Waals surface area contributed by atoms with Crippen LogP contribution in [0.4, 0.5) is 49.6 Å². The van der Waals surface area contributed by atoms with E-state index >= 15 is 0 Å². The molecule has 0 aromatic carbocycles. The van der Waals surface area contributed by atoms with Gasteiger partial charge in [0, 0.05) is 39.9 Å². The van der Waals surface area contributed by atoms with Crippen LogP contribution in [0, 0.1) is 20.8 Å². The zero-order chi connectivity index (χ0) is 48.0. The van der Waals surface area contributed by atoms with E-state index in [1.54, 1.807) is 91.0 Å². The third kappa shape index (κ3) is 15.0. The molecule has 0 aliphatic rings. The zero-order valence-electron chi connectivity index (χ0n) is 34.5. The van der Waals surface area contributed by atoms with Gasteiger partial charge in [-0.25, -0.2) is 9.97 Å². The minimum Gasteiger partial charge on any atom is -0.329 e. The zero-order valence-corrected chi connectivity index (χ0v) is 38.5. The van der Waals surface area contributed by atoms with Crippen molar-refractivity contribution in [3.05, 3.63) is 142 Å². The summed E-state index contributed by atoms with van der Waals surface area (Å²) in [5, 5.41) is 33.8. The Balaban J connectivity index is 0.000000164. The van der Waals surface area contributed by atoms with Gasteiger partial charge in [0.05, 0.1) is 47.3 Å². The van der Waals surface area contributed by atoms with Crippen molar-refractivity contribution < 1.29 is 35.4 Å². The van der Waals surface area contributed by atoms with Crippen LogP contribution in [0.2, 0.25) is 5.15 Å². The summed E-state index contributed by atoms with van der Waals surface area (Å²) in [5.41, 5.74) is 3.00. The Bertz CT molecular complexity index is 2930. The van der Waals surface area contributed by atoms with Crippen LogP contribution < -0.4 is 10.2 Å². The molecule has 0 saturated carbocycles. The fourth-order valence-corrected chi connectivity index (χ4v) is 7.38. The number of rotatable bonds is 9. The second-order valence-corrected chi connectivity index (χ2v) is 16.4. The number of nitrogens with one attached hydrogen (secondary N) is 1. The van der Waals surface area contributed by atoms with Gasteiger partial charge in [0.25, 0.3) is 0 Å². The third-order valence-electron chi connectivity index (χ3n) is 7.80. The van der Waals surface area contributed by atoms with Crippen molar-refractivity contribution in [2.45, 2.75) is 45.0 Å². The van der Waals surface area contributed by atoms with Crippen LogP contribution in [0.1, 0.15) is 38.2 Å². The van der Waals surface area contributed by atoms with E-state index in [-0.39, 0.29) is 11.6 Å². The molecule has 9 rings (SSSR count). The van der Waals surface area contributed by atoms with Gasteiger partial charge >= 0.3 is 24.1 Å². The summed E-state index contributed by atoms with van der Waals surface area (Å²) in [7, 11) is 0. The maximum Gasteiger partial charge on any atom is 0.471 e. The summed E-state index contributed by atoms with van der Waals surface area (Å²) in [6.45, 7) is 6.12. The second-order valence-electron chi connectivity index (χ2n) is 13.1. The predicted molar refractivity (Wildman–Crippen MR) is 236 cm³/mol. The van der Waals surface area contributed by atoms with Crippen molar-refractivity contribution in [1.82, 2.24) is 70.8 Å². The first-order chi connectivity index (χ1) is 32.0. The topological polar surface area (TPSA) is 222 Å². The molecule has 67 heavy (non-hydrogen) atoms. The van der Waals surface area contributed by atoms with Gasteiger partial charge in [0.15, 0.2) is 22.6 Å². The summed E-state index contributed by atoms with van der Waals surface area (Å²) in [4.78, 5) is 27.7. The van der Waals surface area contributed by atoms with Crippen molar-refractivity contribution in [1.29, 1.82) is 0 Å². The average Bonchev–Trinajstić information content (AvgIpc) is 4.14. The Morgan fingerprint density at radius 3 is 1.66 bits per heavy atom. The van der Waals surface area contributed by atoms with Crippen molar-refractivity contribution in [3.8, 4) is 21.4 Å². The Labute approximate surface area is 396 Å². The fraction of sp³-hybridized carbons (Fsp3) is 0.179. The summed E-state index contributed by atoms with van der Waals surface area (Å²) in [6.07, 6.45) is 5.28. The molecule has 9 aromatic heterocycles. The van der Waals surface area contributed by atoms with Crippen molar-refractivity contribution >= 4 is 73.5 Å². The van der Waals surface area contributed by atoms with Crippen molar-refractivity contribution in [3.63, 3.8) is 0 Å². The molecule has 0 aliphatic carbocycles. The Hall–Kier alpha value is -6.97. The van der Waals surface area contributed by atoms with Crippen LogP contribution in [0.25, 0.3) is 21.4 Å². The maximum atomic E-state index is 12.7. The molecular formula is C39H30BrClF6N16O2S2. The van der Waals surface area contributed by atoms with Gasteiger partial charge in [-0.15, -0.1) is 38.0 Å². The Kier molecular flexibility index (Phi) is 17.0. The number of aromatic nitrogens is 14. The van der Waals surface area contributed by atoms with E-state index in [4.69, 9.17) is 11.6 Å². The lowest BCUT2D eigenvalue weighted by Crippen LogP contribution is -2.19. The molecule has 0 fully saturated rings. The molecule has 9 aromatic rings. The largest absolute Gasteiger partial charge is 0.471 e. The molecule has 0 saturated heterocycles. The number of anilines is 4. The monoisotopic (exact) mass is 1050 g/mol. The van der Waals surface area contributed by atoms with E-state index in [2.05, 4.69) is 101 Å². The first kappa shape index (κ1) is 49.5. The van der Waals surface area contributed by atoms with Crippen molar-refractivity contribution in [2.24, 2.45) is 0 Å². The number of hydrogen-bond acceptors (Lipinski definition) is 20. The van der Waals surface area contributed by atoms with Crippen LogP contribution >= 0.6 is 50.2 Å². The van der Waals surface area contributed by atoms with Crippen LogP contribution in [0.3, 0.4) is 0 Å². The standard InChI is InChI=1S/C17H12F3N7OS.C9H9N5.C8H4BrF3N2OS.C5H5ClN2/c1-10-6-13(25-23-7-10)27(14-8-21-4-5-22-14)9-11-2-3-12(29-11)15-24-16(28-26-15)17(18,19)20;1-7-4-8(14-12-5-7)13-9-6-10-2-3-11-9;9-3-4-1-2-5(16-4)6-13-7(15-14-6)8(10,11)12;1-4-2-5(6)8-7-3-4/h2-8H,9H2,1H3;2-6H,1H3,(H,11,13,14);1-2H,3H2;2-3H,1H3. The molecular weight excluding hydrogens is 1020 g/mol. The summed E-state index contributed by atoms with van der Waals surface area (Å²) >= 11 is 11.3. The third-order valence-corrected chi connectivity index (χ3v) is 11.1. The molecule has 18 nitrogen and oxygen atoms in total. The highest BCUT2D eigenvalue weighted by Crippen LogP contribution is 2.34. The van der Waals surface area contributed by atoms with E-state index in [1.165, 1.54) is 22.7 Å². The molecule has 346 valence electrons. The van der Waals surface area contributed by atoms with Crippen LogP contribution in [0.5, 0.6) is 0 Å². The summed E-state index contributed by atoms with van der Waals surface area (Å²) in [6, 6.07) is 12.4. The lowest BCUT2D eigenvalue weighted by molar-refractivity contribution is -0.160. The van der Waals surface area contributed by atoms with Gasteiger partial charge in [-0.1, -0.05) is 37.8 Å². The summed E-state index contributed by atoms with van der Waals surface area (Å²) < 4.78 is 83.0. The quantitative estimate of drug-likeness (QED) is 0.105. The number of halogens is 8. The first-order valence-electron chi connectivity index (χ1n) is 18.7. The normalized spacial score (nSPS) is 11.0. The Morgan fingerprint density at radius 1 is 0.627 bits per heavy atom. The smallest absolute Gasteiger partial charge is 0.329 e. The van der Waals surface area contributed by atoms with E-state index in [1.807, 2.05) is 32.9 Å². The van der Waals surface area contributed by atoms with E-state index in [0.29, 0.717) is 50.1 Å². The van der Waals surface area contributed by atoms with Gasteiger partial charge in [-0.2, -0.15) is 51.6 Å². The van der Waals surface area contributed by atoms with Gasteiger partial charge < -0.3 is 19.3 Å². The van der Waals surface area contributed by atoms with Crippen molar-refractivity contribution in [2.75, 3.05) is 10.2 Å². The molecule has 28 heteroatoms. The van der Waals surface area contributed by atoms with Crippen LogP contribution in [-0.4, -0.2) is 70.8 Å². The molecule has 0 spiro atoms. The highest BCUT2D eigenvalue weighted by Gasteiger charge is 2.39. The SMILES string of the molecule is Cc1cnnc(Cl)c1.Cc1cnnc(N(Cc2ccc(-c3noc(C(F)(F)F)n3)s2)c2cnccn2)c1.Cc1cnnc(Nc2cnccn2)c1.FC(F)(F)c1nc(-c2ccc(CBr)s2)no1. The Morgan fingerprint density at radius 2 is 1.18 bits per heavy atom. The number of thiophene rings is 2. The van der Waals surface area contributed by atoms with Crippen LogP contribution in [0.15, 0.2) is 107 Å². The lowest BCUT2D eigenvalue weighted by atomic mass is 10.3. The first-order valence-corrected chi connectivity index (χ1v) is 21.8. The molecule has 0 atom stereocenters. The van der Waals surface area contributed by atoms with Gasteiger partial charge in [-0.3, -0.25) is 9.97 Å². The highest BCUT2D eigenvalue weighted by molar-refractivity contribution is 9.08. The molecule has 9 heterocycles. The van der Waals surface area contributed by atoms with Gasteiger partial charge in [0.1, 0.15) is 5.82 Å². The second kappa shape index (κ2) is 23.0. The number of aryl methyl sites for hydroxylation is 3. The summed E-state index contributed by atoms with van der Waals surface area (Å²) in [5.74, 6) is -0.395. The van der Waals surface area contributed by atoms with Gasteiger partial charge in [-0.05, 0) is 79.9 Å². The van der Waals surface area contributed by atoms with E-state index < -0.39 is 24.1 Å². The highest BCUT2D eigenvalue weighted by atomic mass is 79.9. The molecule has 0 amide bonds. The maximum absolute atomic E-state index is 12.7.